The van der Waals surface area contributed by atoms with Gasteiger partial charge in [-0.2, -0.15) is 0 Å². The fourth-order valence-electron chi connectivity index (χ4n) is 6.14. The van der Waals surface area contributed by atoms with E-state index >= 15 is 0 Å². The molecule has 0 unspecified atom stereocenters. The van der Waals surface area contributed by atoms with Gasteiger partial charge in [-0.1, -0.05) is 11.2 Å². The number of carbonyl (C=O) groups excluding carboxylic acids is 3. The summed E-state index contributed by atoms with van der Waals surface area (Å²) in [6.07, 6.45) is 5.88. The maximum atomic E-state index is 13.3. The van der Waals surface area contributed by atoms with E-state index in [4.69, 9.17) is 10.6 Å². The van der Waals surface area contributed by atoms with Gasteiger partial charge >= 0.3 is 35.5 Å². The summed E-state index contributed by atoms with van der Waals surface area (Å²) < 4.78 is 0. The fourth-order valence-corrected chi connectivity index (χ4v) is 6.69. The van der Waals surface area contributed by atoms with Crippen molar-refractivity contribution >= 4 is 57.2 Å². The molecule has 3 fully saturated rings. The van der Waals surface area contributed by atoms with Crippen LogP contribution in [0.15, 0.2) is 57.7 Å². The average Bonchev–Trinajstić information content (AvgIpc) is 3.78. The van der Waals surface area contributed by atoms with Gasteiger partial charge in [0.05, 0.1) is 16.7 Å². The van der Waals surface area contributed by atoms with Gasteiger partial charge in [0.2, 0.25) is 0 Å². The number of nitrogen functional groups attached to an aromatic ring is 1. The number of benzene rings is 1. The number of carboxylic acid groups (broad SMARTS) is 1. The number of amides is 3. The third-order valence-corrected chi connectivity index (χ3v) is 9.04. The third kappa shape index (κ3) is 6.42. The SMILES string of the molecule is Nc1nc(/C(=N/OC2CCCC2)C(=O)N[C@@H]2C(=O)N3C(C(=O)O)=C(/C=C4\CCN(c5cccc([N+](=O)[O-])c5)C4=O)CC[C@H]23)cs1.[H-].[Na+]. The Bertz CT molecular complexity index is 1710. The zero-order chi connectivity index (χ0) is 31.8. The number of nitro groups is 1. The molecular weight excluding hydrogens is 629 g/mol. The molecule has 1 aromatic carbocycles. The number of thiazole rings is 1. The van der Waals surface area contributed by atoms with Gasteiger partial charge in [-0.3, -0.25) is 29.4 Å². The van der Waals surface area contributed by atoms with Crippen LogP contribution in [0.5, 0.6) is 0 Å². The first-order valence-corrected chi connectivity index (χ1v) is 15.3. The van der Waals surface area contributed by atoms with Gasteiger partial charge in [-0.05, 0) is 62.7 Å². The molecule has 2 atom stereocenters. The number of nitrogens with zero attached hydrogens (tertiary/aromatic N) is 5. The number of nitrogens with two attached hydrogens (primary N) is 1. The second-order valence-electron chi connectivity index (χ2n) is 11.1. The van der Waals surface area contributed by atoms with Crippen LogP contribution in [0.25, 0.3) is 0 Å². The molecule has 1 saturated carbocycles. The topological polar surface area (TPSA) is 211 Å². The number of nitro benzene ring substituents is 1. The number of nitrogens with one attached hydrogen (secondary N) is 1. The first kappa shape index (κ1) is 33.2. The summed E-state index contributed by atoms with van der Waals surface area (Å²) in [4.78, 5) is 75.2. The molecule has 1 aromatic heterocycles. The van der Waals surface area contributed by atoms with Crippen LogP contribution in [0.4, 0.5) is 16.5 Å². The Kier molecular flexibility index (Phi) is 9.91. The molecule has 46 heavy (non-hydrogen) atoms. The second-order valence-corrected chi connectivity index (χ2v) is 12.0. The van der Waals surface area contributed by atoms with E-state index < -0.39 is 40.7 Å². The van der Waals surface area contributed by atoms with E-state index in [1.807, 2.05) is 0 Å². The molecule has 4 aliphatic rings. The maximum Gasteiger partial charge on any atom is 1.00 e. The number of carbonyl (C=O) groups is 4. The number of hydrogen-bond acceptors (Lipinski definition) is 11. The molecule has 6 rings (SSSR count). The van der Waals surface area contributed by atoms with Crippen LogP contribution in [0.1, 0.15) is 52.1 Å². The summed E-state index contributed by atoms with van der Waals surface area (Å²) in [5.41, 5.74) is 6.46. The molecule has 3 amide bonds. The zero-order valence-electron chi connectivity index (χ0n) is 25.9. The van der Waals surface area contributed by atoms with Crippen LogP contribution in [-0.4, -0.2) is 74.0 Å². The fraction of sp³-hybridized carbons (Fsp3) is 0.379. The number of rotatable bonds is 9. The third-order valence-electron chi connectivity index (χ3n) is 8.36. The Hall–Kier alpha value is -4.12. The molecule has 0 bridgehead atoms. The predicted molar refractivity (Wildman–Crippen MR) is 162 cm³/mol. The molecule has 0 radical (unpaired) electrons. The van der Waals surface area contributed by atoms with Crippen molar-refractivity contribution in [3.63, 3.8) is 0 Å². The predicted octanol–water partition coefficient (Wildman–Crippen LogP) is -0.395. The smallest absolute Gasteiger partial charge is 1.00 e. The zero-order valence-corrected chi connectivity index (χ0v) is 27.7. The van der Waals surface area contributed by atoms with Gasteiger partial charge in [0.25, 0.3) is 23.4 Å². The Morgan fingerprint density at radius 2 is 2.00 bits per heavy atom. The molecular formula is C29H30N7NaO8S. The number of allylic oxidation sites excluding steroid dienone is 2. The normalized spacial score (nSPS) is 22.4. The summed E-state index contributed by atoms with van der Waals surface area (Å²) in [5.74, 6) is -3.03. The standard InChI is InChI=1S/C29H29N7O8S.Na.H/c30-29-31-20(14-45-29)22(33-44-19-6-1-2-7-19)25(37)32-23-21-9-8-15(24(28(40)41)35(21)27(23)39)12-16-10-11-34(26(16)38)17-4-3-5-18(13-17)36(42)43;;/h3-5,12-14,19,21,23H,1-2,6-11H2,(H2,30,31)(H,32,37)(H,40,41);;/q;+1;-1/b16-12+,33-22-;;/t21-,23+;;/m1../s1. The number of non-ortho nitro benzene ring substituents is 1. The van der Waals surface area contributed by atoms with Crippen LogP contribution in [-0.2, 0) is 24.0 Å². The van der Waals surface area contributed by atoms with Crippen LogP contribution in [0, 0.1) is 10.1 Å². The van der Waals surface area contributed by atoms with E-state index in [0.717, 1.165) is 41.9 Å². The molecule has 3 aliphatic heterocycles. The number of β-lactam (4-membered cyclic amide) rings is 1. The van der Waals surface area contributed by atoms with Crippen molar-refractivity contribution in [2.45, 2.75) is 63.1 Å². The number of anilines is 2. The molecule has 1 aliphatic carbocycles. The van der Waals surface area contributed by atoms with E-state index in [2.05, 4.69) is 15.5 Å². The maximum absolute atomic E-state index is 13.3. The summed E-state index contributed by atoms with van der Waals surface area (Å²) in [6.45, 7) is 0.264. The summed E-state index contributed by atoms with van der Waals surface area (Å²) in [6, 6.07) is 4.11. The van der Waals surface area contributed by atoms with Crippen molar-refractivity contribution in [2.75, 3.05) is 17.2 Å². The van der Waals surface area contributed by atoms with E-state index in [9.17, 15) is 34.4 Å². The number of aromatic nitrogens is 1. The molecule has 17 heteroatoms. The van der Waals surface area contributed by atoms with Gasteiger partial charge in [-0.25, -0.2) is 9.78 Å². The monoisotopic (exact) mass is 659 g/mol. The van der Waals surface area contributed by atoms with Gasteiger partial charge in [0.1, 0.15) is 23.5 Å². The van der Waals surface area contributed by atoms with Gasteiger partial charge in [0, 0.05) is 29.6 Å². The quantitative estimate of drug-likeness (QED) is 0.0792. The number of fused-ring (bicyclic) bond motifs is 1. The van der Waals surface area contributed by atoms with Gasteiger partial charge in [-0.15, -0.1) is 11.3 Å². The first-order chi connectivity index (χ1) is 21.6. The summed E-state index contributed by atoms with van der Waals surface area (Å²) in [7, 11) is 0. The van der Waals surface area contributed by atoms with Crippen molar-refractivity contribution in [3.05, 3.63) is 68.4 Å². The van der Waals surface area contributed by atoms with Crippen molar-refractivity contribution in [3.8, 4) is 0 Å². The van der Waals surface area contributed by atoms with Crippen LogP contribution >= 0.6 is 11.3 Å². The van der Waals surface area contributed by atoms with Crippen molar-refractivity contribution < 1.29 is 65.0 Å². The second kappa shape index (κ2) is 13.7. The van der Waals surface area contributed by atoms with E-state index in [1.165, 1.54) is 29.2 Å². The van der Waals surface area contributed by atoms with E-state index in [0.29, 0.717) is 29.7 Å². The Morgan fingerprint density at radius 1 is 1.24 bits per heavy atom. The Morgan fingerprint density at radius 3 is 2.67 bits per heavy atom. The van der Waals surface area contributed by atoms with Crippen molar-refractivity contribution in [2.24, 2.45) is 5.16 Å². The molecule has 15 nitrogen and oxygen atoms in total. The van der Waals surface area contributed by atoms with Crippen molar-refractivity contribution in [1.29, 1.82) is 0 Å². The molecule has 4 heterocycles. The van der Waals surface area contributed by atoms with E-state index in [-0.39, 0.29) is 78.0 Å². The minimum absolute atomic E-state index is 0. The Labute approximate surface area is 290 Å². The number of hydrogen-bond donors (Lipinski definition) is 3. The van der Waals surface area contributed by atoms with Crippen LogP contribution in [0.3, 0.4) is 0 Å². The average molecular weight is 660 g/mol. The van der Waals surface area contributed by atoms with Crippen LogP contribution in [0.2, 0.25) is 0 Å². The first-order valence-electron chi connectivity index (χ1n) is 14.4. The molecule has 0 spiro atoms. The molecule has 2 saturated heterocycles. The Balaban J connectivity index is 0.00000250. The summed E-state index contributed by atoms with van der Waals surface area (Å²) >= 11 is 1.13. The van der Waals surface area contributed by atoms with Crippen LogP contribution < -0.4 is 45.5 Å². The molecule has 236 valence electrons. The number of aliphatic carboxylic acids is 1. The molecule has 4 N–H and O–H groups in total. The van der Waals surface area contributed by atoms with Gasteiger partial charge < -0.3 is 27.3 Å². The minimum atomic E-state index is -1.34. The summed E-state index contributed by atoms with van der Waals surface area (Å²) in [5, 5.41) is 29.8. The number of carboxylic acids is 1. The number of oxime groups is 1. The van der Waals surface area contributed by atoms with E-state index in [1.54, 1.807) is 11.4 Å². The van der Waals surface area contributed by atoms with Gasteiger partial charge in [0.15, 0.2) is 10.8 Å². The minimum Gasteiger partial charge on any atom is -1.00 e. The molecule has 2 aromatic rings. The largest absolute Gasteiger partial charge is 1.00 e. The van der Waals surface area contributed by atoms with Crippen molar-refractivity contribution in [1.82, 2.24) is 15.2 Å².